The first-order valence-electron chi connectivity index (χ1n) is 10.9. The van der Waals surface area contributed by atoms with Gasteiger partial charge in [0.2, 0.25) is 0 Å². The van der Waals surface area contributed by atoms with Gasteiger partial charge in [-0.05, 0) is 43.9 Å². The van der Waals surface area contributed by atoms with Crippen LogP contribution in [-0.4, -0.2) is 60.1 Å². The Bertz CT molecular complexity index is 1330. The molecule has 12 heteroatoms. The van der Waals surface area contributed by atoms with E-state index >= 15 is 4.39 Å². The van der Waals surface area contributed by atoms with Crippen LogP contribution in [0.2, 0.25) is 0 Å². The van der Waals surface area contributed by atoms with Crippen LogP contribution in [0.15, 0.2) is 30.7 Å². The van der Waals surface area contributed by atoms with Crippen LogP contribution >= 0.6 is 0 Å². The molecule has 2 N–H and O–H groups in total. The van der Waals surface area contributed by atoms with Gasteiger partial charge in [-0.2, -0.15) is 5.21 Å². The van der Waals surface area contributed by atoms with Crippen LogP contribution in [0.4, 0.5) is 20.3 Å². The molecular formula is C22H23F2N9O. The first-order chi connectivity index (χ1) is 16.4. The highest BCUT2D eigenvalue weighted by Gasteiger charge is 2.28. The fourth-order valence-corrected chi connectivity index (χ4v) is 4.50. The first-order valence-corrected chi connectivity index (χ1v) is 10.9. The van der Waals surface area contributed by atoms with Crippen LogP contribution in [0.25, 0.3) is 11.0 Å². The minimum absolute atomic E-state index is 0.0611. The molecule has 0 saturated heterocycles. The molecule has 4 aromatic rings. The maximum atomic E-state index is 15.1. The molecule has 1 fully saturated rings. The number of anilines is 2. The van der Waals surface area contributed by atoms with Crippen molar-refractivity contribution in [2.45, 2.75) is 37.6 Å². The highest BCUT2D eigenvalue weighted by atomic mass is 19.1. The van der Waals surface area contributed by atoms with Crippen LogP contribution < -0.4 is 5.32 Å². The molecule has 1 aliphatic rings. The summed E-state index contributed by atoms with van der Waals surface area (Å²) in [6.07, 6.45) is 6.08. The zero-order chi connectivity index (χ0) is 23.8. The van der Waals surface area contributed by atoms with Gasteiger partial charge in [-0.25, -0.2) is 18.7 Å². The van der Waals surface area contributed by atoms with Crippen molar-refractivity contribution in [3.8, 4) is 0 Å². The van der Waals surface area contributed by atoms with Crippen molar-refractivity contribution in [1.82, 2.24) is 40.1 Å². The van der Waals surface area contributed by atoms with Crippen molar-refractivity contribution in [3.63, 3.8) is 0 Å². The van der Waals surface area contributed by atoms with E-state index in [9.17, 15) is 9.18 Å². The number of carbonyl (C=O) groups is 1. The number of carbonyl (C=O) groups excluding carboxylic acids is 1. The Kier molecular flexibility index (Phi) is 5.64. The molecule has 0 atom stereocenters. The molecule has 5 rings (SSSR count). The van der Waals surface area contributed by atoms with Gasteiger partial charge < -0.3 is 14.8 Å². The van der Waals surface area contributed by atoms with Crippen LogP contribution in [0.5, 0.6) is 0 Å². The molecule has 1 saturated carbocycles. The average molecular weight is 467 g/mol. The molecule has 1 amide bonds. The number of fused-ring (bicyclic) bond motifs is 1. The fraction of sp³-hybridized carbons (Fsp3) is 0.364. The Labute approximate surface area is 193 Å². The summed E-state index contributed by atoms with van der Waals surface area (Å²) < 4.78 is 31.6. The summed E-state index contributed by atoms with van der Waals surface area (Å²) in [5.74, 6) is -0.355. The summed E-state index contributed by atoms with van der Waals surface area (Å²) in [7, 11) is 3.18. The number of rotatable bonds is 5. The second kappa shape index (κ2) is 8.76. The maximum absolute atomic E-state index is 15.1. The average Bonchev–Trinajstić information content (AvgIpc) is 3.49. The molecule has 1 aromatic carbocycles. The lowest BCUT2D eigenvalue weighted by Crippen LogP contribution is -2.21. The van der Waals surface area contributed by atoms with E-state index in [-0.39, 0.29) is 40.3 Å². The minimum atomic E-state index is -0.640. The van der Waals surface area contributed by atoms with Crippen molar-refractivity contribution in [2.24, 2.45) is 0 Å². The predicted octanol–water partition coefficient (Wildman–Crippen LogP) is 3.57. The smallest absolute Gasteiger partial charge is 0.253 e. The molecule has 34 heavy (non-hydrogen) atoms. The third-order valence-corrected chi connectivity index (χ3v) is 6.26. The number of tetrazole rings is 1. The number of hydrogen-bond donors (Lipinski definition) is 2. The summed E-state index contributed by atoms with van der Waals surface area (Å²) in [6, 6.07) is 4.16. The third-order valence-electron chi connectivity index (χ3n) is 6.26. The second-order valence-electron chi connectivity index (χ2n) is 8.60. The Morgan fingerprint density at radius 3 is 2.62 bits per heavy atom. The van der Waals surface area contributed by atoms with Gasteiger partial charge in [-0.1, -0.05) is 5.21 Å². The Balaban J connectivity index is 1.40. The zero-order valence-corrected chi connectivity index (χ0v) is 18.7. The van der Waals surface area contributed by atoms with Crippen molar-refractivity contribution < 1.29 is 13.6 Å². The highest BCUT2D eigenvalue weighted by molar-refractivity contribution is 5.95. The number of hydrogen-bond acceptors (Lipinski definition) is 7. The van der Waals surface area contributed by atoms with E-state index in [1.807, 2.05) is 4.57 Å². The number of nitrogens with zero attached hydrogens (tertiary/aromatic N) is 7. The van der Waals surface area contributed by atoms with E-state index in [0.717, 1.165) is 31.7 Å². The Morgan fingerprint density at radius 1 is 1.15 bits per heavy atom. The van der Waals surface area contributed by atoms with Crippen LogP contribution in [0, 0.1) is 11.6 Å². The van der Waals surface area contributed by atoms with Crippen molar-refractivity contribution in [3.05, 3.63) is 53.7 Å². The van der Waals surface area contributed by atoms with Gasteiger partial charge in [0.1, 0.15) is 23.6 Å². The summed E-state index contributed by atoms with van der Waals surface area (Å²) in [5.41, 5.74) is 0.746. The number of amides is 1. The first kappa shape index (κ1) is 21.9. The van der Waals surface area contributed by atoms with Gasteiger partial charge in [0.15, 0.2) is 11.6 Å². The van der Waals surface area contributed by atoms with Gasteiger partial charge >= 0.3 is 0 Å². The lowest BCUT2D eigenvalue weighted by molar-refractivity contribution is 0.0827. The normalized spacial score (nSPS) is 18.2. The number of H-pyrrole nitrogens is 1. The number of aromatic amines is 1. The quantitative estimate of drug-likeness (QED) is 0.461. The number of halogens is 2. The summed E-state index contributed by atoms with van der Waals surface area (Å²) in [5, 5.41) is 17.3. The van der Waals surface area contributed by atoms with E-state index in [2.05, 4.69) is 35.9 Å². The van der Waals surface area contributed by atoms with Gasteiger partial charge in [-0.3, -0.25) is 4.79 Å². The number of nitrogens with one attached hydrogen (secondary N) is 2. The summed E-state index contributed by atoms with van der Waals surface area (Å²) in [6.45, 7) is 0. The van der Waals surface area contributed by atoms with Gasteiger partial charge in [0.05, 0.1) is 11.1 Å². The van der Waals surface area contributed by atoms with E-state index in [0.29, 0.717) is 11.5 Å². The van der Waals surface area contributed by atoms with E-state index in [1.54, 1.807) is 14.1 Å². The molecular weight excluding hydrogens is 444 g/mol. The van der Waals surface area contributed by atoms with Crippen molar-refractivity contribution in [1.29, 1.82) is 0 Å². The van der Waals surface area contributed by atoms with E-state index < -0.39 is 11.6 Å². The Morgan fingerprint density at radius 2 is 1.94 bits per heavy atom. The number of aromatic nitrogens is 7. The Hall–Kier alpha value is -3.96. The molecule has 0 bridgehead atoms. The topological polar surface area (TPSA) is 118 Å². The monoisotopic (exact) mass is 467 g/mol. The molecule has 3 heterocycles. The molecule has 176 valence electrons. The fourth-order valence-electron chi connectivity index (χ4n) is 4.50. The van der Waals surface area contributed by atoms with Crippen LogP contribution in [0.1, 0.15) is 53.8 Å². The molecule has 10 nitrogen and oxygen atoms in total. The zero-order valence-electron chi connectivity index (χ0n) is 18.7. The van der Waals surface area contributed by atoms with E-state index in [1.165, 1.54) is 29.6 Å². The third kappa shape index (κ3) is 3.95. The van der Waals surface area contributed by atoms with E-state index in [4.69, 9.17) is 0 Å². The standard InChI is InChI=1S/C22H23F2N9O/c1-32(2)22(34)13-5-8-17(15(23)9-13)27-20-18-16(24)10-33(21(18)26-11-25-20)14-6-3-12(4-7-14)19-28-30-31-29-19/h5,8-12,14H,3-4,6-7H2,1-2H3,(H,25,26,27)(H,28,29,30,31). The van der Waals surface area contributed by atoms with Crippen molar-refractivity contribution in [2.75, 3.05) is 19.4 Å². The van der Waals surface area contributed by atoms with Gasteiger partial charge in [0.25, 0.3) is 5.91 Å². The van der Waals surface area contributed by atoms with Gasteiger partial charge in [0, 0.05) is 37.8 Å². The van der Waals surface area contributed by atoms with Crippen LogP contribution in [-0.2, 0) is 0 Å². The SMILES string of the molecule is CN(C)C(=O)c1ccc(Nc2ncnc3c2c(F)cn3C2CCC(c3nn[nH]n3)CC2)c(F)c1. The van der Waals surface area contributed by atoms with Crippen LogP contribution in [0.3, 0.4) is 0 Å². The molecule has 0 unspecified atom stereocenters. The summed E-state index contributed by atoms with van der Waals surface area (Å²) in [4.78, 5) is 21.9. The lowest BCUT2D eigenvalue weighted by atomic mass is 9.85. The highest BCUT2D eigenvalue weighted by Crippen LogP contribution is 2.39. The molecule has 1 aliphatic carbocycles. The second-order valence-corrected chi connectivity index (χ2v) is 8.60. The summed E-state index contributed by atoms with van der Waals surface area (Å²) >= 11 is 0. The lowest BCUT2D eigenvalue weighted by Gasteiger charge is -2.28. The maximum Gasteiger partial charge on any atom is 0.253 e. The molecule has 0 radical (unpaired) electrons. The molecule has 0 spiro atoms. The predicted molar refractivity (Wildman–Crippen MR) is 120 cm³/mol. The molecule has 0 aliphatic heterocycles. The largest absolute Gasteiger partial charge is 0.345 e. The van der Waals surface area contributed by atoms with Crippen molar-refractivity contribution >= 4 is 28.4 Å². The minimum Gasteiger partial charge on any atom is -0.345 e. The van der Waals surface area contributed by atoms with Gasteiger partial charge in [-0.15, -0.1) is 10.2 Å². The molecule has 3 aromatic heterocycles. The number of benzene rings is 1.